The van der Waals surface area contributed by atoms with Crippen molar-refractivity contribution in [2.75, 3.05) is 25.9 Å². The van der Waals surface area contributed by atoms with Gasteiger partial charge in [-0.05, 0) is 55.5 Å². The van der Waals surface area contributed by atoms with E-state index in [0.717, 1.165) is 43.3 Å². The summed E-state index contributed by atoms with van der Waals surface area (Å²) < 4.78 is 25.1. The Hall–Kier alpha value is -2.22. The highest BCUT2D eigenvalue weighted by molar-refractivity contribution is 7.88. The molecule has 4 rings (SSSR count). The molecule has 0 aromatic heterocycles. The van der Waals surface area contributed by atoms with Gasteiger partial charge in [-0.1, -0.05) is 54.6 Å². The lowest BCUT2D eigenvalue weighted by Crippen LogP contribution is -2.41. The van der Waals surface area contributed by atoms with E-state index in [4.69, 9.17) is 0 Å². The van der Waals surface area contributed by atoms with Crippen LogP contribution in [0.2, 0.25) is 0 Å². The zero-order valence-electron chi connectivity index (χ0n) is 18.0. The lowest BCUT2D eigenvalue weighted by atomic mass is 9.93. The maximum atomic E-state index is 13.2. The monoisotopic (exact) mass is 441 g/mol. The van der Waals surface area contributed by atoms with Crippen LogP contribution < -0.4 is 10.0 Å². The van der Waals surface area contributed by atoms with Crippen molar-refractivity contribution in [3.63, 3.8) is 0 Å². The van der Waals surface area contributed by atoms with Crippen LogP contribution in [0.4, 0.5) is 0 Å². The molecule has 1 heterocycles. The number of hydrogen-bond donors (Lipinski definition) is 2. The molecule has 2 fully saturated rings. The van der Waals surface area contributed by atoms with Gasteiger partial charge in [0, 0.05) is 13.1 Å². The van der Waals surface area contributed by atoms with Crippen LogP contribution in [0.15, 0.2) is 54.6 Å². The molecule has 31 heavy (non-hydrogen) atoms. The van der Waals surface area contributed by atoms with E-state index in [-0.39, 0.29) is 18.5 Å². The first-order valence-electron chi connectivity index (χ1n) is 11.0. The molecule has 0 spiro atoms. The fourth-order valence-electron chi connectivity index (χ4n) is 4.47. The summed E-state index contributed by atoms with van der Waals surface area (Å²) in [5.41, 5.74) is 2.68. The molecule has 166 valence electrons. The predicted octanol–water partition coefficient (Wildman–Crippen LogP) is 2.72. The van der Waals surface area contributed by atoms with Gasteiger partial charge in [-0.25, -0.2) is 13.1 Å². The van der Waals surface area contributed by atoms with Crippen molar-refractivity contribution in [2.24, 2.45) is 0 Å². The lowest BCUT2D eigenvalue weighted by Gasteiger charge is -2.29. The van der Waals surface area contributed by atoms with Crippen molar-refractivity contribution in [1.82, 2.24) is 14.9 Å². The van der Waals surface area contributed by atoms with Gasteiger partial charge in [0.05, 0.1) is 17.7 Å². The highest BCUT2D eigenvalue weighted by Crippen LogP contribution is 2.48. The Bertz CT molecular complexity index is 996. The fraction of sp³-hybridized carbons (Fsp3) is 0.458. The van der Waals surface area contributed by atoms with E-state index in [1.807, 2.05) is 30.3 Å². The second-order valence-electron chi connectivity index (χ2n) is 8.75. The average Bonchev–Trinajstić information content (AvgIpc) is 3.41. The number of rotatable bonds is 9. The lowest BCUT2D eigenvalue weighted by molar-refractivity contribution is -0.123. The topological polar surface area (TPSA) is 78.5 Å². The highest BCUT2D eigenvalue weighted by atomic mass is 32.2. The Labute approximate surface area is 185 Å². The number of likely N-dealkylation sites (tertiary alicyclic amines) is 1. The van der Waals surface area contributed by atoms with Gasteiger partial charge in [0.2, 0.25) is 15.9 Å². The average molecular weight is 442 g/mol. The van der Waals surface area contributed by atoms with Crippen molar-refractivity contribution in [3.05, 3.63) is 71.3 Å². The van der Waals surface area contributed by atoms with Crippen molar-refractivity contribution < 1.29 is 13.2 Å². The van der Waals surface area contributed by atoms with Crippen LogP contribution in [-0.4, -0.2) is 45.1 Å². The highest BCUT2D eigenvalue weighted by Gasteiger charge is 2.51. The Kier molecular flexibility index (Phi) is 6.46. The number of nitrogens with one attached hydrogen (secondary N) is 2. The van der Waals surface area contributed by atoms with Gasteiger partial charge in [0.15, 0.2) is 0 Å². The Balaban J connectivity index is 1.41. The van der Waals surface area contributed by atoms with Gasteiger partial charge in [0.1, 0.15) is 0 Å². The first-order chi connectivity index (χ1) is 14.9. The summed E-state index contributed by atoms with van der Waals surface area (Å²) in [4.78, 5) is 15.7. The Morgan fingerprint density at radius 2 is 1.68 bits per heavy atom. The third-order valence-electron chi connectivity index (χ3n) is 6.45. The van der Waals surface area contributed by atoms with E-state index in [1.165, 1.54) is 18.4 Å². The molecule has 2 aliphatic rings. The van der Waals surface area contributed by atoms with Crippen LogP contribution in [0.5, 0.6) is 0 Å². The maximum absolute atomic E-state index is 13.2. The summed E-state index contributed by atoms with van der Waals surface area (Å²) in [5, 5.41) is 3.25. The number of carbonyl (C=O) groups excluding carboxylic acids is 1. The molecule has 1 aliphatic heterocycles. The number of benzene rings is 2. The molecule has 1 saturated heterocycles. The third-order valence-corrected chi connectivity index (χ3v) is 7.12. The van der Waals surface area contributed by atoms with Crippen LogP contribution in [0.25, 0.3) is 0 Å². The number of amides is 1. The van der Waals surface area contributed by atoms with Crippen LogP contribution in [0, 0.1) is 0 Å². The molecule has 1 unspecified atom stereocenters. The number of sulfonamides is 1. The molecule has 2 aromatic carbocycles. The summed E-state index contributed by atoms with van der Waals surface area (Å²) in [7, 11) is -3.23. The molecule has 1 atom stereocenters. The third kappa shape index (κ3) is 5.34. The van der Waals surface area contributed by atoms with Gasteiger partial charge in [-0.15, -0.1) is 0 Å². The number of nitrogens with zero attached hydrogens (tertiary/aromatic N) is 1. The first kappa shape index (κ1) is 22.0. The molecule has 2 N–H and O–H groups in total. The second kappa shape index (κ2) is 9.10. The molecule has 1 aliphatic carbocycles. The fourth-order valence-corrected chi connectivity index (χ4v) is 4.90. The second-order valence-corrected chi connectivity index (χ2v) is 10.6. The maximum Gasteiger partial charge on any atom is 0.230 e. The zero-order chi connectivity index (χ0) is 21.9. The van der Waals surface area contributed by atoms with Gasteiger partial charge in [0.25, 0.3) is 0 Å². The quantitative estimate of drug-likeness (QED) is 0.627. The SMILES string of the molecule is CS(=O)(=O)NCc1ccc(C2(C(=O)NCC(c3ccccc3)N3CCCC3)CC2)cc1. The Morgan fingerprint density at radius 1 is 1.03 bits per heavy atom. The summed E-state index contributed by atoms with van der Waals surface area (Å²) in [6, 6.07) is 18.4. The minimum atomic E-state index is -3.23. The normalized spacial score (nSPS) is 19.1. The smallest absolute Gasteiger partial charge is 0.230 e. The van der Waals surface area contributed by atoms with E-state index >= 15 is 0 Å². The summed E-state index contributed by atoms with van der Waals surface area (Å²) >= 11 is 0. The number of carbonyl (C=O) groups is 1. The van der Waals surface area contributed by atoms with Gasteiger partial charge >= 0.3 is 0 Å². The standard InChI is InChI=1S/C24H31N3O3S/c1-31(29,30)26-17-19-9-11-21(12-10-19)24(13-14-24)23(28)25-18-22(27-15-5-6-16-27)20-7-3-2-4-8-20/h2-4,7-12,22,26H,5-6,13-18H2,1H3,(H,25,28). The largest absolute Gasteiger partial charge is 0.353 e. The predicted molar refractivity (Wildman–Crippen MR) is 122 cm³/mol. The molecular weight excluding hydrogens is 410 g/mol. The first-order valence-corrected chi connectivity index (χ1v) is 12.9. The van der Waals surface area contributed by atoms with Crippen LogP contribution in [0.3, 0.4) is 0 Å². The molecule has 0 radical (unpaired) electrons. The van der Waals surface area contributed by atoms with E-state index in [1.54, 1.807) is 0 Å². The van der Waals surface area contributed by atoms with E-state index in [2.05, 4.69) is 39.2 Å². The summed E-state index contributed by atoms with van der Waals surface area (Å²) in [6.45, 7) is 3.01. The minimum Gasteiger partial charge on any atom is -0.353 e. The molecule has 2 aromatic rings. The molecule has 0 bridgehead atoms. The molecule has 1 amide bonds. The molecule has 6 nitrogen and oxygen atoms in total. The van der Waals surface area contributed by atoms with E-state index in [9.17, 15) is 13.2 Å². The minimum absolute atomic E-state index is 0.0923. The van der Waals surface area contributed by atoms with E-state index in [0.29, 0.717) is 6.54 Å². The Morgan fingerprint density at radius 3 is 2.26 bits per heavy atom. The van der Waals surface area contributed by atoms with Crippen LogP contribution in [0.1, 0.15) is 48.4 Å². The van der Waals surface area contributed by atoms with Crippen molar-refractivity contribution >= 4 is 15.9 Å². The summed E-state index contributed by atoms with van der Waals surface area (Å²) in [6.07, 6.45) is 5.26. The van der Waals surface area contributed by atoms with Gasteiger partial charge < -0.3 is 5.32 Å². The van der Waals surface area contributed by atoms with Crippen molar-refractivity contribution in [2.45, 2.75) is 43.7 Å². The van der Waals surface area contributed by atoms with Gasteiger partial charge in [-0.2, -0.15) is 0 Å². The van der Waals surface area contributed by atoms with E-state index < -0.39 is 15.4 Å². The number of hydrogen-bond acceptors (Lipinski definition) is 4. The van der Waals surface area contributed by atoms with Crippen LogP contribution >= 0.6 is 0 Å². The summed E-state index contributed by atoms with van der Waals surface area (Å²) in [5.74, 6) is 0.0923. The zero-order valence-corrected chi connectivity index (χ0v) is 18.8. The van der Waals surface area contributed by atoms with Crippen molar-refractivity contribution in [1.29, 1.82) is 0 Å². The molecule has 1 saturated carbocycles. The van der Waals surface area contributed by atoms with Gasteiger partial charge in [-0.3, -0.25) is 9.69 Å². The molecular formula is C24H31N3O3S. The molecule has 7 heteroatoms. The van der Waals surface area contributed by atoms with Crippen molar-refractivity contribution in [3.8, 4) is 0 Å². The van der Waals surface area contributed by atoms with Crippen LogP contribution in [-0.2, 0) is 26.8 Å².